The number of carbonyl (C=O) groups excluding carboxylic acids is 1. The van der Waals surface area contributed by atoms with Gasteiger partial charge < -0.3 is 9.73 Å². The summed E-state index contributed by atoms with van der Waals surface area (Å²) in [6.45, 7) is 2.28. The number of nitro groups is 1. The van der Waals surface area contributed by atoms with Crippen LogP contribution in [0.2, 0.25) is 5.02 Å². The molecule has 24 heavy (non-hydrogen) atoms. The maximum atomic E-state index is 12.1. The highest BCUT2D eigenvalue weighted by Gasteiger charge is 2.15. The van der Waals surface area contributed by atoms with Gasteiger partial charge in [0.05, 0.1) is 23.8 Å². The summed E-state index contributed by atoms with van der Waals surface area (Å²) in [7, 11) is 1.74. The maximum Gasteiger partial charge on any atom is 0.269 e. The minimum Gasteiger partial charge on any atom is -0.467 e. The number of hydrogen-bond donors (Lipinski definition) is 1. The summed E-state index contributed by atoms with van der Waals surface area (Å²) in [5.41, 5.74) is 0.568. The molecular weight excluding hydrogens is 334 g/mol. The summed E-state index contributed by atoms with van der Waals surface area (Å²) in [5, 5.41) is 14.1. The molecule has 0 aliphatic carbocycles. The van der Waals surface area contributed by atoms with E-state index in [9.17, 15) is 14.9 Å². The number of nitrogens with one attached hydrogen (secondary N) is 1. The average molecular weight is 352 g/mol. The standard InChI is InChI=1S/C16H18ClN3O4/c1-11(15-4-3-7-24-15)18-16(21)10-19(2)9-12-8-13(20(22)23)5-6-14(12)17/h3-8,11H,9-10H2,1-2H3,(H,18,21). The zero-order valence-corrected chi connectivity index (χ0v) is 14.1. The zero-order valence-electron chi connectivity index (χ0n) is 13.4. The number of furan rings is 1. The second kappa shape index (κ2) is 7.94. The van der Waals surface area contributed by atoms with E-state index in [1.54, 1.807) is 30.3 Å². The number of hydrogen-bond acceptors (Lipinski definition) is 5. The lowest BCUT2D eigenvalue weighted by atomic mass is 10.2. The Kier molecular flexibility index (Phi) is 5.94. The minimum absolute atomic E-state index is 0.0290. The molecule has 1 unspecified atom stereocenters. The van der Waals surface area contributed by atoms with E-state index in [0.29, 0.717) is 22.9 Å². The molecule has 7 nitrogen and oxygen atoms in total. The number of benzene rings is 1. The number of amides is 1. The van der Waals surface area contributed by atoms with E-state index in [4.69, 9.17) is 16.0 Å². The fourth-order valence-electron chi connectivity index (χ4n) is 2.28. The van der Waals surface area contributed by atoms with Crippen LogP contribution in [-0.2, 0) is 11.3 Å². The summed E-state index contributed by atoms with van der Waals surface area (Å²) in [6, 6.07) is 7.57. The Labute approximate surface area is 144 Å². The van der Waals surface area contributed by atoms with Crippen LogP contribution in [0.15, 0.2) is 41.0 Å². The topological polar surface area (TPSA) is 88.6 Å². The molecule has 0 saturated heterocycles. The predicted molar refractivity (Wildman–Crippen MR) is 89.7 cm³/mol. The fourth-order valence-corrected chi connectivity index (χ4v) is 2.46. The molecule has 2 aromatic rings. The molecule has 8 heteroatoms. The molecule has 1 aromatic carbocycles. The van der Waals surface area contributed by atoms with Crippen molar-refractivity contribution in [3.8, 4) is 0 Å². The first-order chi connectivity index (χ1) is 11.4. The largest absolute Gasteiger partial charge is 0.467 e. The van der Waals surface area contributed by atoms with Gasteiger partial charge in [-0.3, -0.25) is 19.8 Å². The van der Waals surface area contributed by atoms with Crippen LogP contribution < -0.4 is 5.32 Å². The van der Waals surface area contributed by atoms with Crippen molar-refractivity contribution in [3.05, 3.63) is 63.1 Å². The molecule has 1 atom stereocenters. The van der Waals surface area contributed by atoms with Crippen molar-refractivity contribution in [2.75, 3.05) is 13.6 Å². The van der Waals surface area contributed by atoms with E-state index in [0.717, 1.165) is 0 Å². The van der Waals surface area contributed by atoms with Crippen LogP contribution in [0, 0.1) is 10.1 Å². The van der Waals surface area contributed by atoms with Gasteiger partial charge in [0.15, 0.2) is 0 Å². The van der Waals surface area contributed by atoms with Crippen LogP contribution in [-0.4, -0.2) is 29.3 Å². The highest BCUT2D eigenvalue weighted by atomic mass is 35.5. The molecule has 0 bridgehead atoms. The molecule has 2 rings (SSSR count). The fraction of sp³-hybridized carbons (Fsp3) is 0.312. The molecule has 0 spiro atoms. The average Bonchev–Trinajstić information content (AvgIpc) is 3.03. The van der Waals surface area contributed by atoms with Gasteiger partial charge in [-0.05, 0) is 37.7 Å². The molecule has 1 heterocycles. The van der Waals surface area contributed by atoms with Crippen molar-refractivity contribution in [3.63, 3.8) is 0 Å². The molecule has 0 saturated carbocycles. The van der Waals surface area contributed by atoms with Gasteiger partial charge in [0.1, 0.15) is 5.76 Å². The molecule has 0 aliphatic heterocycles. The third kappa shape index (κ3) is 4.81. The number of carbonyl (C=O) groups is 1. The highest BCUT2D eigenvalue weighted by Crippen LogP contribution is 2.23. The first kappa shape index (κ1) is 18.0. The van der Waals surface area contributed by atoms with E-state index >= 15 is 0 Å². The number of nitrogens with zero attached hydrogens (tertiary/aromatic N) is 2. The number of halogens is 1. The molecule has 0 aliphatic rings. The number of nitro benzene ring substituents is 1. The Hall–Kier alpha value is -2.38. The third-order valence-corrected chi connectivity index (χ3v) is 3.81. The second-order valence-electron chi connectivity index (χ2n) is 5.51. The van der Waals surface area contributed by atoms with Gasteiger partial charge in [0.2, 0.25) is 5.91 Å². The Morgan fingerprint density at radius 3 is 2.83 bits per heavy atom. The lowest BCUT2D eigenvalue weighted by molar-refractivity contribution is -0.384. The molecule has 1 N–H and O–H groups in total. The molecule has 1 amide bonds. The van der Waals surface area contributed by atoms with Crippen LogP contribution in [0.4, 0.5) is 5.69 Å². The van der Waals surface area contributed by atoms with Crippen molar-refractivity contribution in [1.82, 2.24) is 10.2 Å². The Bertz CT molecular complexity index is 718. The number of rotatable bonds is 7. The summed E-state index contributed by atoms with van der Waals surface area (Å²) in [5.74, 6) is 0.496. The molecule has 128 valence electrons. The van der Waals surface area contributed by atoms with Crippen LogP contribution in [0.25, 0.3) is 0 Å². The molecule has 1 aromatic heterocycles. The Morgan fingerprint density at radius 2 is 2.21 bits per heavy atom. The van der Waals surface area contributed by atoms with Crippen molar-refractivity contribution in [2.45, 2.75) is 19.5 Å². The summed E-state index contributed by atoms with van der Waals surface area (Å²) in [6.07, 6.45) is 1.55. The van der Waals surface area contributed by atoms with Gasteiger partial charge in [-0.25, -0.2) is 0 Å². The minimum atomic E-state index is -0.475. The molecular formula is C16H18ClN3O4. The predicted octanol–water partition coefficient (Wildman–Crippen LogP) is 3.15. The second-order valence-corrected chi connectivity index (χ2v) is 5.92. The maximum absolute atomic E-state index is 12.1. The Balaban J connectivity index is 1.93. The zero-order chi connectivity index (χ0) is 17.7. The van der Waals surface area contributed by atoms with Crippen LogP contribution >= 0.6 is 11.6 Å². The molecule has 0 fully saturated rings. The smallest absolute Gasteiger partial charge is 0.269 e. The van der Waals surface area contributed by atoms with Crippen LogP contribution in [0.1, 0.15) is 24.3 Å². The van der Waals surface area contributed by atoms with E-state index in [-0.39, 0.29) is 24.2 Å². The highest BCUT2D eigenvalue weighted by molar-refractivity contribution is 6.31. The summed E-state index contributed by atoms with van der Waals surface area (Å²) in [4.78, 5) is 24.2. The van der Waals surface area contributed by atoms with Crippen molar-refractivity contribution >= 4 is 23.2 Å². The normalized spacial score (nSPS) is 12.2. The molecule has 0 radical (unpaired) electrons. The first-order valence-corrected chi connectivity index (χ1v) is 7.68. The summed E-state index contributed by atoms with van der Waals surface area (Å²) >= 11 is 6.07. The number of non-ortho nitro benzene ring substituents is 1. The summed E-state index contributed by atoms with van der Waals surface area (Å²) < 4.78 is 5.24. The first-order valence-electron chi connectivity index (χ1n) is 7.31. The van der Waals surface area contributed by atoms with E-state index < -0.39 is 4.92 Å². The van der Waals surface area contributed by atoms with Gasteiger partial charge in [-0.2, -0.15) is 0 Å². The van der Waals surface area contributed by atoms with Gasteiger partial charge in [0, 0.05) is 23.7 Å². The lowest BCUT2D eigenvalue weighted by Crippen LogP contribution is -2.36. The lowest BCUT2D eigenvalue weighted by Gasteiger charge is -2.18. The van der Waals surface area contributed by atoms with Gasteiger partial charge in [-0.15, -0.1) is 0 Å². The van der Waals surface area contributed by atoms with Gasteiger partial charge in [0.25, 0.3) is 5.69 Å². The quantitative estimate of drug-likeness (QED) is 0.611. The Morgan fingerprint density at radius 1 is 1.46 bits per heavy atom. The van der Waals surface area contributed by atoms with E-state index in [1.807, 2.05) is 6.92 Å². The van der Waals surface area contributed by atoms with E-state index in [1.165, 1.54) is 18.2 Å². The monoisotopic (exact) mass is 351 g/mol. The van der Waals surface area contributed by atoms with Crippen molar-refractivity contribution < 1.29 is 14.1 Å². The SMILES string of the molecule is CC(NC(=O)CN(C)Cc1cc([N+](=O)[O-])ccc1Cl)c1ccco1. The van der Waals surface area contributed by atoms with Crippen LogP contribution in [0.5, 0.6) is 0 Å². The van der Waals surface area contributed by atoms with Gasteiger partial charge >= 0.3 is 0 Å². The van der Waals surface area contributed by atoms with E-state index in [2.05, 4.69) is 5.32 Å². The van der Waals surface area contributed by atoms with Crippen LogP contribution in [0.3, 0.4) is 0 Å². The van der Waals surface area contributed by atoms with Gasteiger partial charge in [-0.1, -0.05) is 11.6 Å². The third-order valence-electron chi connectivity index (χ3n) is 3.44. The number of likely N-dealkylation sites (N-methyl/N-ethyl adjacent to an activating group) is 1. The van der Waals surface area contributed by atoms with Crippen molar-refractivity contribution in [2.24, 2.45) is 0 Å². The van der Waals surface area contributed by atoms with Crippen molar-refractivity contribution in [1.29, 1.82) is 0 Å².